The highest BCUT2D eigenvalue weighted by Gasteiger charge is 2.36. The van der Waals surface area contributed by atoms with E-state index in [1.54, 1.807) is 0 Å². The molecule has 0 aromatic heterocycles. The Morgan fingerprint density at radius 2 is 2.13 bits per heavy atom. The molecule has 0 aliphatic carbocycles. The second-order valence-corrected chi connectivity index (χ2v) is 3.27. The van der Waals surface area contributed by atoms with Crippen LogP contribution < -0.4 is 0 Å². The van der Waals surface area contributed by atoms with E-state index in [0.717, 1.165) is 6.92 Å². The lowest BCUT2D eigenvalue weighted by Crippen LogP contribution is -2.15. The summed E-state index contributed by atoms with van der Waals surface area (Å²) in [6.45, 7) is 1.15. The molecule has 0 bridgehead atoms. The standard InChI is InChI=1S/C9H12O6/c1-4(10)7-8(13)5(15-9(7)14)2-3-6(11)12/h5-6,11-13H,2-3H2,1H3. The van der Waals surface area contributed by atoms with E-state index in [4.69, 9.17) is 14.9 Å². The van der Waals surface area contributed by atoms with Gasteiger partial charge >= 0.3 is 5.97 Å². The Morgan fingerprint density at radius 1 is 1.53 bits per heavy atom. The first-order valence-electron chi connectivity index (χ1n) is 4.44. The molecule has 0 saturated carbocycles. The largest absolute Gasteiger partial charge is 0.507 e. The Balaban J connectivity index is 2.72. The summed E-state index contributed by atoms with van der Waals surface area (Å²) in [7, 11) is 0. The molecule has 15 heavy (non-hydrogen) atoms. The second kappa shape index (κ2) is 4.41. The Labute approximate surface area is 85.8 Å². The first kappa shape index (κ1) is 11.7. The van der Waals surface area contributed by atoms with Crippen LogP contribution in [0, 0.1) is 0 Å². The maximum absolute atomic E-state index is 11.1. The van der Waals surface area contributed by atoms with Crippen LogP contribution in [-0.2, 0) is 14.3 Å². The van der Waals surface area contributed by atoms with Gasteiger partial charge in [0.1, 0.15) is 5.57 Å². The van der Waals surface area contributed by atoms with Crippen LogP contribution in [0.3, 0.4) is 0 Å². The number of ether oxygens (including phenoxy) is 1. The minimum absolute atomic E-state index is 0.0484. The highest BCUT2D eigenvalue weighted by molar-refractivity contribution is 6.18. The van der Waals surface area contributed by atoms with E-state index in [-0.39, 0.29) is 18.4 Å². The average molecular weight is 216 g/mol. The zero-order valence-corrected chi connectivity index (χ0v) is 8.14. The molecule has 0 saturated heterocycles. The Hall–Kier alpha value is -1.40. The molecule has 0 aromatic rings. The van der Waals surface area contributed by atoms with Gasteiger partial charge in [0.2, 0.25) is 0 Å². The minimum Gasteiger partial charge on any atom is -0.507 e. The van der Waals surface area contributed by atoms with Gasteiger partial charge in [-0.15, -0.1) is 0 Å². The van der Waals surface area contributed by atoms with Gasteiger partial charge in [-0.25, -0.2) is 4.79 Å². The molecule has 1 atom stereocenters. The molecule has 0 amide bonds. The van der Waals surface area contributed by atoms with Gasteiger partial charge in [-0.2, -0.15) is 0 Å². The van der Waals surface area contributed by atoms with Crippen molar-refractivity contribution in [2.75, 3.05) is 0 Å². The van der Waals surface area contributed by atoms with Crippen LogP contribution >= 0.6 is 0 Å². The predicted octanol–water partition coefficient (Wildman–Crippen LogP) is -0.596. The number of aliphatic hydroxyl groups excluding tert-OH is 2. The van der Waals surface area contributed by atoms with Crippen molar-refractivity contribution in [3.8, 4) is 0 Å². The number of hydrogen-bond donors (Lipinski definition) is 3. The van der Waals surface area contributed by atoms with E-state index >= 15 is 0 Å². The summed E-state index contributed by atoms with van der Waals surface area (Å²) < 4.78 is 4.69. The quantitative estimate of drug-likeness (QED) is 0.329. The number of aliphatic hydroxyl groups is 3. The van der Waals surface area contributed by atoms with Crippen molar-refractivity contribution >= 4 is 11.8 Å². The first-order valence-corrected chi connectivity index (χ1v) is 4.44. The maximum Gasteiger partial charge on any atom is 0.346 e. The number of carbonyl (C=O) groups excluding carboxylic acids is 2. The lowest BCUT2D eigenvalue weighted by atomic mass is 10.1. The number of carbonyl (C=O) groups is 2. The molecule has 6 heteroatoms. The molecule has 0 aromatic carbocycles. The van der Waals surface area contributed by atoms with Crippen LogP contribution in [0.4, 0.5) is 0 Å². The molecule has 1 aliphatic rings. The number of esters is 1. The van der Waals surface area contributed by atoms with Gasteiger partial charge in [-0.1, -0.05) is 0 Å². The number of hydrogen-bond acceptors (Lipinski definition) is 6. The third-order valence-corrected chi connectivity index (χ3v) is 2.05. The van der Waals surface area contributed by atoms with Gasteiger partial charge in [0.05, 0.1) is 0 Å². The summed E-state index contributed by atoms with van der Waals surface area (Å²) in [5, 5.41) is 26.6. The van der Waals surface area contributed by atoms with Crippen LogP contribution in [0.2, 0.25) is 0 Å². The minimum atomic E-state index is -1.53. The summed E-state index contributed by atoms with van der Waals surface area (Å²) in [5.74, 6) is -1.85. The molecule has 0 fully saturated rings. The average Bonchev–Trinajstić information content (AvgIpc) is 2.37. The van der Waals surface area contributed by atoms with Gasteiger partial charge < -0.3 is 20.1 Å². The summed E-state index contributed by atoms with van der Waals surface area (Å²) in [6.07, 6.45) is -2.46. The monoisotopic (exact) mass is 216 g/mol. The molecular formula is C9H12O6. The molecule has 1 heterocycles. The fourth-order valence-electron chi connectivity index (χ4n) is 1.33. The SMILES string of the molecule is CC(=O)C1=C(O)C(CCC(O)O)OC1=O. The molecular weight excluding hydrogens is 204 g/mol. The van der Waals surface area contributed by atoms with Gasteiger partial charge in [-0.05, 0) is 13.3 Å². The lowest BCUT2D eigenvalue weighted by Gasteiger charge is -2.10. The Kier molecular flexibility index (Phi) is 3.43. The number of Topliss-reactive ketones (excluding diaryl/α,β-unsaturated/α-hetero) is 1. The van der Waals surface area contributed by atoms with Crippen molar-refractivity contribution in [1.82, 2.24) is 0 Å². The number of ketones is 1. The van der Waals surface area contributed by atoms with E-state index in [9.17, 15) is 14.7 Å². The van der Waals surface area contributed by atoms with Crippen LogP contribution in [0.25, 0.3) is 0 Å². The van der Waals surface area contributed by atoms with Crippen molar-refractivity contribution < 1.29 is 29.6 Å². The fourth-order valence-corrected chi connectivity index (χ4v) is 1.33. The maximum atomic E-state index is 11.1. The van der Waals surface area contributed by atoms with Crippen molar-refractivity contribution in [1.29, 1.82) is 0 Å². The third kappa shape index (κ3) is 2.54. The van der Waals surface area contributed by atoms with Crippen LogP contribution in [0.5, 0.6) is 0 Å². The topological polar surface area (TPSA) is 104 Å². The first-order chi connectivity index (χ1) is 6.93. The summed E-state index contributed by atoms with van der Waals surface area (Å²) in [6, 6.07) is 0. The molecule has 1 aliphatic heterocycles. The summed E-state index contributed by atoms with van der Waals surface area (Å²) >= 11 is 0. The normalized spacial score (nSPS) is 21.1. The van der Waals surface area contributed by atoms with E-state index in [1.165, 1.54) is 0 Å². The van der Waals surface area contributed by atoms with Crippen LogP contribution in [0.1, 0.15) is 19.8 Å². The number of cyclic esters (lactones) is 1. The molecule has 0 radical (unpaired) electrons. The number of rotatable bonds is 4. The molecule has 6 nitrogen and oxygen atoms in total. The zero-order valence-electron chi connectivity index (χ0n) is 8.14. The molecule has 0 spiro atoms. The fraction of sp³-hybridized carbons (Fsp3) is 0.556. The Bertz CT molecular complexity index is 317. The molecule has 3 N–H and O–H groups in total. The van der Waals surface area contributed by atoms with Crippen molar-refractivity contribution in [2.24, 2.45) is 0 Å². The summed E-state index contributed by atoms with van der Waals surface area (Å²) in [5.41, 5.74) is -0.354. The van der Waals surface area contributed by atoms with E-state index in [2.05, 4.69) is 0 Å². The molecule has 1 unspecified atom stereocenters. The van der Waals surface area contributed by atoms with E-state index in [0.29, 0.717) is 0 Å². The summed E-state index contributed by atoms with van der Waals surface area (Å²) in [4.78, 5) is 22.0. The molecule has 1 rings (SSSR count). The predicted molar refractivity (Wildman–Crippen MR) is 47.7 cm³/mol. The van der Waals surface area contributed by atoms with E-state index in [1.807, 2.05) is 0 Å². The van der Waals surface area contributed by atoms with Crippen molar-refractivity contribution in [2.45, 2.75) is 32.2 Å². The third-order valence-electron chi connectivity index (χ3n) is 2.05. The van der Waals surface area contributed by atoms with Crippen molar-refractivity contribution in [3.63, 3.8) is 0 Å². The molecule has 84 valence electrons. The van der Waals surface area contributed by atoms with Crippen molar-refractivity contribution in [3.05, 3.63) is 11.3 Å². The van der Waals surface area contributed by atoms with E-state index < -0.39 is 29.9 Å². The Morgan fingerprint density at radius 3 is 2.53 bits per heavy atom. The zero-order chi connectivity index (χ0) is 11.6. The van der Waals surface area contributed by atoms with Gasteiger partial charge in [0.15, 0.2) is 23.9 Å². The van der Waals surface area contributed by atoms with Gasteiger partial charge in [-0.3, -0.25) is 4.79 Å². The van der Waals surface area contributed by atoms with Crippen LogP contribution in [0.15, 0.2) is 11.3 Å². The van der Waals surface area contributed by atoms with Crippen LogP contribution in [-0.4, -0.2) is 39.5 Å². The second-order valence-electron chi connectivity index (χ2n) is 3.27. The lowest BCUT2D eigenvalue weighted by molar-refractivity contribution is -0.142. The van der Waals surface area contributed by atoms with Gasteiger partial charge in [0.25, 0.3) is 0 Å². The van der Waals surface area contributed by atoms with Gasteiger partial charge in [0, 0.05) is 6.42 Å². The smallest absolute Gasteiger partial charge is 0.346 e. The highest BCUT2D eigenvalue weighted by atomic mass is 16.6. The highest BCUT2D eigenvalue weighted by Crippen LogP contribution is 2.24.